The van der Waals surface area contributed by atoms with Crippen molar-refractivity contribution in [2.24, 2.45) is 0 Å². The number of ether oxygens (including phenoxy) is 1. The van der Waals surface area contributed by atoms with Gasteiger partial charge in [-0.1, -0.05) is 18.3 Å². The molecule has 3 heterocycles. The van der Waals surface area contributed by atoms with E-state index in [2.05, 4.69) is 5.32 Å². The summed E-state index contributed by atoms with van der Waals surface area (Å²) >= 11 is 8.44. The third-order valence-electron chi connectivity index (χ3n) is 4.33. The standard InChI is InChI=1S/C17H16N2O6S4/c1-2-25-10-7-28-15-17(16(26)29-8-20,14(24)19(15)12(10)13(22)23)18-11(21)6-9-4-3-5-27-9/h3-5,7-8,12,15H,2,6H2,1H3,(H,18,21)(H,22,23)/t12?,15-,17?/m0/s1. The number of amides is 2. The third kappa shape index (κ3) is 3.81. The minimum Gasteiger partial charge on any atom is -0.495 e. The van der Waals surface area contributed by atoms with Crippen LogP contribution in [-0.2, 0) is 30.3 Å². The van der Waals surface area contributed by atoms with Crippen molar-refractivity contribution in [2.75, 3.05) is 6.61 Å². The normalized spacial score (nSPS) is 25.3. The van der Waals surface area contributed by atoms with Gasteiger partial charge in [-0.3, -0.25) is 14.4 Å². The summed E-state index contributed by atoms with van der Waals surface area (Å²) < 4.78 is 5.35. The Kier molecular flexibility index (Phi) is 6.66. The summed E-state index contributed by atoms with van der Waals surface area (Å²) in [5.74, 6) is -2.23. The molecule has 154 valence electrons. The van der Waals surface area contributed by atoms with Crippen molar-refractivity contribution in [3.8, 4) is 0 Å². The van der Waals surface area contributed by atoms with E-state index in [0.29, 0.717) is 17.4 Å². The lowest BCUT2D eigenvalue weighted by atomic mass is 9.86. The number of carbonyl (C=O) groups excluding carboxylic acids is 3. The SMILES string of the molecule is CCOC1=CS[C@@H]2N(C(=O)C2(NC(=O)Cc2cccs2)C(=S)SC=O)C1C(=O)O. The molecule has 29 heavy (non-hydrogen) atoms. The van der Waals surface area contributed by atoms with E-state index in [0.717, 1.165) is 21.5 Å². The summed E-state index contributed by atoms with van der Waals surface area (Å²) in [6.07, 6.45) is 0.0425. The number of carboxylic acids is 1. The number of nitrogens with one attached hydrogen (secondary N) is 1. The monoisotopic (exact) mass is 472 g/mol. The molecule has 0 bridgehead atoms. The van der Waals surface area contributed by atoms with Gasteiger partial charge in [0.2, 0.25) is 5.91 Å². The zero-order valence-electron chi connectivity index (χ0n) is 15.0. The van der Waals surface area contributed by atoms with Gasteiger partial charge in [-0.05, 0) is 30.1 Å². The van der Waals surface area contributed by atoms with Crippen LogP contribution in [0.2, 0.25) is 0 Å². The number of thiocarbonyl (C=S) groups is 1. The van der Waals surface area contributed by atoms with E-state index < -0.39 is 34.7 Å². The van der Waals surface area contributed by atoms with Gasteiger partial charge < -0.3 is 20.1 Å². The van der Waals surface area contributed by atoms with Crippen molar-refractivity contribution in [3.05, 3.63) is 33.6 Å². The smallest absolute Gasteiger partial charge is 0.334 e. The Hall–Kier alpha value is -1.89. The Morgan fingerprint density at radius 2 is 2.28 bits per heavy atom. The Bertz CT molecular complexity index is 886. The first-order valence-corrected chi connectivity index (χ1v) is 11.5. The molecule has 0 radical (unpaired) electrons. The number of rotatable bonds is 8. The Labute approximate surface area is 184 Å². The average molecular weight is 473 g/mol. The molecule has 3 rings (SSSR count). The molecule has 0 spiro atoms. The number of thiophene rings is 1. The second-order valence-electron chi connectivity index (χ2n) is 6.01. The predicted molar refractivity (Wildman–Crippen MR) is 115 cm³/mol. The number of hydrogen-bond acceptors (Lipinski definition) is 9. The van der Waals surface area contributed by atoms with Crippen LogP contribution >= 0.6 is 47.1 Å². The molecule has 0 saturated carbocycles. The van der Waals surface area contributed by atoms with E-state index >= 15 is 0 Å². The highest BCUT2D eigenvalue weighted by molar-refractivity contribution is 8.32. The zero-order valence-corrected chi connectivity index (χ0v) is 18.3. The number of thioether (sulfide) groups is 2. The molecule has 2 aliphatic heterocycles. The molecule has 1 aromatic heterocycles. The average Bonchev–Trinajstić information content (AvgIpc) is 3.18. The topological polar surface area (TPSA) is 113 Å². The summed E-state index contributed by atoms with van der Waals surface area (Å²) in [5, 5.41) is 14.9. The fourth-order valence-corrected chi connectivity index (χ4v) is 6.19. The van der Waals surface area contributed by atoms with Crippen LogP contribution in [0.15, 0.2) is 28.7 Å². The highest BCUT2D eigenvalue weighted by Crippen LogP contribution is 2.48. The molecular weight excluding hydrogens is 456 g/mol. The molecule has 0 aromatic carbocycles. The number of nitrogens with zero attached hydrogens (tertiary/aromatic N) is 1. The number of carbonyl (C=O) groups is 4. The van der Waals surface area contributed by atoms with Crippen molar-refractivity contribution < 1.29 is 29.0 Å². The minimum atomic E-state index is -1.65. The molecule has 1 aromatic rings. The molecule has 8 nitrogen and oxygen atoms in total. The quantitative estimate of drug-likeness (QED) is 0.331. The van der Waals surface area contributed by atoms with E-state index in [-0.39, 0.29) is 23.0 Å². The zero-order chi connectivity index (χ0) is 21.2. The number of fused-ring (bicyclic) bond motifs is 1. The molecule has 1 saturated heterocycles. The van der Waals surface area contributed by atoms with E-state index in [1.807, 2.05) is 5.38 Å². The van der Waals surface area contributed by atoms with Crippen LogP contribution in [0.25, 0.3) is 0 Å². The van der Waals surface area contributed by atoms with Crippen molar-refractivity contribution in [1.82, 2.24) is 10.2 Å². The summed E-state index contributed by atoms with van der Waals surface area (Å²) in [6, 6.07) is 2.28. The van der Waals surface area contributed by atoms with Crippen LogP contribution in [0, 0.1) is 0 Å². The van der Waals surface area contributed by atoms with Crippen LogP contribution in [0.4, 0.5) is 0 Å². The number of aliphatic carboxylic acids is 1. The van der Waals surface area contributed by atoms with Gasteiger partial charge in [-0.15, -0.1) is 23.1 Å². The third-order valence-corrected chi connectivity index (χ3v) is 7.66. The van der Waals surface area contributed by atoms with Crippen LogP contribution in [0.1, 0.15) is 11.8 Å². The number of carboxylic acid groups (broad SMARTS) is 1. The van der Waals surface area contributed by atoms with Crippen LogP contribution in [-0.4, -0.2) is 61.2 Å². The van der Waals surface area contributed by atoms with E-state index in [9.17, 15) is 24.3 Å². The number of hydrogen-bond donors (Lipinski definition) is 2. The molecular formula is C17H16N2O6S4. The van der Waals surface area contributed by atoms with Gasteiger partial charge >= 0.3 is 5.97 Å². The van der Waals surface area contributed by atoms with Gasteiger partial charge in [0.1, 0.15) is 11.1 Å². The first-order chi connectivity index (χ1) is 13.9. The fourth-order valence-electron chi connectivity index (χ4n) is 3.16. The summed E-state index contributed by atoms with van der Waals surface area (Å²) in [7, 11) is 0. The van der Waals surface area contributed by atoms with E-state index in [1.165, 1.54) is 16.7 Å². The number of β-lactam (4-membered cyclic amide) rings is 1. The van der Waals surface area contributed by atoms with Crippen molar-refractivity contribution in [1.29, 1.82) is 0 Å². The van der Waals surface area contributed by atoms with Crippen molar-refractivity contribution in [2.45, 2.75) is 30.3 Å². The lowest BCUT2D eigenvalue weighted by molar-refractivity contribution is -0.165. The highest BCUT2D eigenvalue weighted by Gasteiger charge is 2.69. The molecule has 2 unspecified atom stereocenters. The van der Waals surface area contributed by atoms with Gasteiger partial charge in [0.05, 0.1) is 17.2 Å². The summed E-state index contributed by atoms with van der Waals surface area (Å²) in [4.78, 5) is 50.6. The first kappa shape index (κ1) is 21.8. The summed E-state index contributed by atoms with van der Waals surface area (Å²) in [6.45, 7) is 1.95. The Balaban J connectivity index is 1.93. The highest BCUT2D eigenvalue weighted by atomic mass is 32.2. The Morgan fingerprint density at radius 3 is 2.86 bits per heavy atom. The molecule has 0 aliphatic carbocycles. The molecule has 12 heteroatoms. The van der Waals surface area contributed by atoms with Gasteiger partial charge in [-0.25, -0.2) is 4.79 Å². The lowest BCUT2D eigenvalue weighted by Gasteiger charge is -2.57. The van der Waals surface area contributed by atoms with E-state index in [4.69, 9.17) is 17.0 Å². The van der Waals surface area contributed by atoms with Crippen molar-refractivity contribution >= 4 is 74.7 Å². The molecule has 2 N–H and O–H groups in total. The van der Waals surface area contributed by atoms with Crippen LogP contribution in [0.3, 0.4) is 0 Å². The maximum atomic E-state index is 13.2. The second kappa shape index (κ2) is 8.86. The van der Waals surface area contributed by atoms with Crippen LogP contribution < -0.4 is 5.32 Å². The predicted octanol–water partition coefficient (Wildman–Crippen LogP) is 1.64. The fraction of sp³-hybridized carbons (Fsp3) is 0.353. The summed E-state index contributed by atoms with van der Waals surface area (Å²) in [5.41, 5.74) is -1.17. The Morgan fingerprint density at radius 1 is 1.52 bits per heavy atom. The van der Waals surface area contributed by atoms with Crippen LogP contribution in [0.5, 0.6) is 0 Å². The van der Waals surface area contributed by atoms with Gasteiger partial charge in [0.25, 0.3) is 5.91 Å². The first-order valence-electron chi connectivity index (χ1n) is 8.38. The molecule has 2 amide bonds. The van der Waals surface area contributed by atoms with Gasteiger partial charge in [0, 0.05) is 10.3 Å². The van der Waals surface area contributed by atoms with Gasteiger partial charge in [0.15, 0.2) is 17.2 Å². The molecule has 2 aliphatic rings. The molecule has 3 atom stereocenters. The maximum Gasteiger partial charge on any atom is 0.334 e. The van der Waals surface area contributed by atoms with Crippen molar-refractivity contribution in [3.63, 3.8) is 0 Å². The minimum absolute atomic E-state index is 0.0248. The largest absolute Gasteiger partial charge is 0.495 e. The van der Waals surface area contributed by atoms with Gasteiger partial charge in [-0.2, -0.15) is 0 Å². The lowest BCUT2D eigenvalue weighted by Crippen LogP contribution is -2.84. The van der Waals surface area contributed by atoms with E-state index in [1.54, 1.807) is 19.1 Å². The molecule has 1 fully saturated rings. The second-order valence-corrected chi connectivity index (χ2v) is 9.50. The maximum absolute atomic E-state index is 13.2.